The highest BCUT2D eigenvalue weighted by Gasteiger charge is 2.23. The molecule has 0 fully saturated rings. The summed E-state index contributed by atoms with van der Waals surface area (Å²) in [5, 5.41) is 7.97. The van der Waals surface area contributed by atoms with E-state index >= 15 is 0 Å². The highest BCUT2D eigenvalue weighted by molar-refractivity contribution is 8.00. The SMILES string of the molecule is Cc1c(Cl)cccc1NC(=O)CNC(=O)CSc1ncnc2sc3c(c12)CC[C@@H](C)C3. The molecule has 1 aromatic carbocycles. The van der Waals surface area contributed by atoms with Crippen molar-refractivity contribution in [1.29, 1.82) is 0 Å². The van der Waals surface area contributed by atoms with Gasteiger partial charge >= 0.3 is 0 Å². The predicted molar refractivity (Wildman–Crippen MR) is 127 cm³/mol. The fourth-order valence-corrected chi connectivity index (χ4v) is 6.10. The number of benzene rings is 1. The maximum Gasteiger partial charge on any atom is 0.243 e. The van der Waals surface area contributed by atoms with E-state index in [0.29, 0.717) is 16.6 Å². The number of hydrogen-bond acceptors (Lipinski definition) is 6. The number of anilines is 1. The zero-order valence-corrected chi connectivity index (χ0v) is 19.7. The maximum atomic E-state index is 12.3. The average molecular weight is 475 g/mol. The van der Waals surface area contributed by atoms with Crippen LogP contribution >= 0.6 is 34.7 Å². The van der Waals surface area contributed by atoms with Crippen molar-refractivity contribution in [3.63, 3.8) is 0 Å². The third kappa shape index (κ3) is 5.02. The molecule has 0 bridgehead atoms. The first-order chi connectivity index (χ1) is 14.9. The molecule has 3 aromatic rings. The summed E-state index contributed by atoms with van der Waals surface area (Å²) in [6.45, 7) is 4.01. The average Bonchev–Trinajstić information content (AvgIpc) is 3.12. The molecule has 2 amide bonds. The van der Waals surface area contributed by atoms with Gasteiger partial charge in [-0.05, 0) is 55.4 Å². The van der Waals surface area contributed by atoms with Crippen LogP contribution in [-0.2, 0) is 22.4 Å². The highest BCUT2D eigenvalue weighted by Crippen LogP contribution is 2.40. The zero-order chi connectivity index (χ0) is 22.0. The molecule has 0 saturated carbocycles. The molecule has 31 heavy (non-hydrogen) atoms. The summed E-state index contributed by atoms with van der Waals surface area (Å²) >= 11 is 9.21. The summed E-state index contributed by atoms with van der Waals surface area (Å²) in [5.74, 6) is 0.371. The van der Waals surface area contributed by atoms with Gasteiger partial charge in [-0.25, -0.2) is 9.97 Å². The first-order valence-electron chi connectivity index (χ1n) is 10.1. The molecule has 0 spiro atoms. The van der Waals surface area contributed by atoms with Gasteiger partial charge in [0.1, 0.15) is 16.2 Å². The van der Waals surface area contributed by atoms with Gasteiger partial charge in [0, 0.05) is 21.0 Å². The van der Waals surface area contributed by atoms with Gasteiger partial charge in [-0.2, -0.15) is 0 Å². The van der Waals surface area contributed by atoms with E-state index in [0.717, 1.165) is 33.6 Å². The number of rotatable bonds is 6. The van der Waals surface area contributed by atoms with E-state index in [1.807, 2.05) is 6.92 Å². The van der Waals surface area contributed by atoms with Crippen LogP contribution in [0.25, 0.3) is 10.2 Å². The Bertz CT molecular complexity index is 1150. The molecular weight excluding hydrogens is 452 g/mol. The molecule has 0 aliphatic heterocycles. The molecule has 2 N–H and O–H groups in total. The lowest BCUT2D eigenvalue weighted by Gasteiger charge is -2.18. The standard InChI is InChI=1S/C22H23ClN4O2S2/c1-12-6-7-14-17(8-12)31-22-20(14)21(25-11-26-22)30-10-19(29)24-9-18(28)27-16-5-3-4-15(23)13(16)2/h3-5,11-12H,6-10H2,1-2H3,(H,24,29)(H,27,28)/t12-/m1/s1. The monoisotopic (exact) mass is 474 g/mol. The Morgan fingerprint density at radius 3 is 2.97 bits per heavy atom. The summed E-state index contributed by atoms with van der Waals surface area (Å²) < 4.78 is 0. The van der Waals surface area contributed by atoms with Crippen molar-refractivity contribution in [2.45, 2.75) is 38.1 Å². The largest absolute Gasteiger partial charge is 0.346 e. The molecule has 9 heteroatoms. The van der Waals surface area contributed by atoms with Gasteiger partial charge in [0.2, 0.25) is 11.8 Å². The number of aryl methyl sites for hydroxylation is 1. The van der Waals surface area contributed by atoms with Crippen LogP contribution < -0.4 is 10.6 Å². The second kappa shape index (κ2) is 9.54. The normalized spacial score (nSPS) is 15.5. The molecule has 1 aliphatic carbocycles. The van der Waals surface area contributed by atoms with Crippen LogP contribution in [0.2, 0.25) is 5.02 Å². The van der Waals surface area contributed by atoms with Crippen molar-refractivity contribution in [2.24, 2.45) is 5.92 Å². The van der Waals surface area contributed by atoms with Crippen LogP contribution in [0.1, 0.15) is 29.3 Å². The number of halogens is 1. The van der Waals surface area contributed by atoms with Crippen molar-refractivity contribution in [2.75, 3.05) is 17.6 Å². The van der Waals surface area contributed by atoms with Crippen molar-refractivity contribution >= 4 is 62.4 Å². The van der Waals surface area contributed by atoms with Gasteiger partial charge in [-0.1, -0.05) is 36.4 Å². The second-order valence-electron chi connectivity index (χ2n) is 7.74. The topological polar surface area (TPSA) is 84.0 Å². The third-order valence-corrected chi connectivity index (χ3v) is 7.95. The fraction of sp³-hybridized carbons (Fsp3) is 0.364. The first kappa shape index (κ1) is 22.0. The van der Waals surface area contributed by atoms with E-state index in [1.54, 1.807) is 35.9 Å². The van der Waals surface area contributed by atoms with Crippen molar-refractivity contribution in [3.8, 4) is 0 Å². The number of nitrogens with zero attached hydrogens (tertiary/aromatic N) is 2. The minimum absolute atomic E-state index is 0.101. The molecule has 2 heterocycles. The van der Waals surface area contributed by atoms with E-state index < -0.39 is 0 Å². The second-order valence-corrected chi connectivity index (χ2v) is 10.2. The van der Waals surface area contributed by atoms with Crippen LogP contribution in [0.4, 0.5) is 5.69 Å². The Morgan fingerprint density at radius 1 is 1.29 bits per heavy atom. The fourth-order valence-electron chi connectivity index (χ4n) is 3.66. The number of carbonyl (C=O) groups excluding carboxylic acids is 2. The van der Waals surface area contributed by atoms with Crippen LogP contribution in [0, 0.1) is 12.8 Å². The van der Waals surface area contributed by atoms with Crippen molar-refractivity contribution in [3.05, 3.63) is 45.6 Å². The van der Waals surface area contributed by atoms with E-state index in [4.69, 9.17) is 11.6 Å². The van der Waals surface area contributed by atoms with E-state index in [1.165, 1.54) is 28.6 Å². The van der Waals surface area contributed by atoms with Gasteiger partial charge in [0.05, 0.1) is 12.3 Å². The number of amides is 2. The molecule has 0 saturated heterocycles. The third-order valence-electron chi connectivity index (χ3n) is 5.38. The molecule has 0 unspecified atom stereocenters. The molecule has 1 atom stereocenters. The summed E-state index contributed by atoms with van der Waals surface area (Å²) in [7, 11) is 0. The Balaban J connectivity index is 1.34. The lowest BCUT2D eigenvalue weighted by atomic mass is 9.89. The molecular formula is C22H23ClN4O2S2. The molecule has 6 nitrogen and oxygen atoms in total. The van der Waals surface area contributed by atoms with Gasteiger partial charge in [-0.3, -0.25) is 9.59 Å². The summed E-state index contributed by atoms with van der Waals surface area (Å²) in [4.78, 5) is 35.8. The van der Waals surface area contributed by atoms with Gasteiger partial charge < -0.3 is 10.6 Å². The summed E-state index contributed by atoms with van der Waals surface area (Å²) in [6, 6.07) is 5.31. The minimum Gasteiger partial charge on any atom is -0.346 e. The number of aromatic nitrogens is 2. The van der Waals surface area contributed by atoms with Crippen molar-refractivity contribution < 1.29 is 9.59 Å². The summed E-state index contributed by atoms with van der Waals surface area (Å²) in [5.41, 5.74) is 2.78. The van der Waals surface area contributed by atoms with Gasteiger partial charge in [0.15, 0.2) is 0 Å². The number of fused-ring (bicyclic) bond motifs is 3. The van der Waals surface area contributed by atoms with Gasteiger partial charge in [-0.15, -0.1) is 11.3 Å². The van der Waals surface area contributed by atoms with E-state index in [9.17, 15) is 9.59 Å². The van der Waals surface area contributed by atoms with Crippen LogP contribution in [-0.4, -0.2) is 34.1 Å². The lowest BCUT2D eigenvalue weighted by Crippen LogP contribution is -2.34. The summed E-state index contributed by atoms with van der Waals surface area (Å²) in [6.07, 6.45) is 4.85. The van der Waals surface area contributed by atoms with Crippen LogP contribution in [0.5, 0.6) is 0 Å². The van der Waals surface area contributed by atoms with Crippen molar-refractivity contribution in [1.82, 2.24) is 15.3 Å². The molecule has 1 aliphatic rings. The maximum absolute atomic E-state index is 12.3. The quantitative estimate of drug-likeness (QED) is 0.402. The molecule has 4 rings (SSSR count). The number of nitrogens with one attached hydrogen (secondary N) is 2. The Labute approximate surface area is 194 Å². The predicted octanol–water partition coefficient (Wildman–Crippen LogP) is 4.62. The Hall–Kier alpha value is -2.16. The highest BCUT2D eigenvalue weighted by atomic mass is 35.5. The Kier molecular flexibility index (Phi) is 6.79. The van der Waals surface area contributed by atoms with E-state index in [2.05, 4.69) is 27.5 Å². The molecule has 162 valence electrons. The lowest BCUT2D eigenvalue weighted by molar-refractivity contribution is -0.122. The number of hydrogen-bond donors (Lipinski definition) is 2. The number of thiophene rings is 1. The smallest absolute Gasteiger partial charge is 0.243 e. The Morgan fingerprint density at radius 2 is 2.13 bits per heavy atom. The molecule has 0 radical (unpaired) electrons. The van der Waals surface area contributed by atoms with Crippen LogP contribution in [0.15, 0.2) is 29.6 Å². The first-order valence-corrected chi connectivity index (χ1v) is 12.3. The number of carbonyl (C=O) groups is 2. The molecule has 2 aromatic heterocycles. The van der Waals surface area contributed by atoms with Gasteiger partial charge in [0.25, 0.3) is 0 Å². The van der Waals surface area contributed by atoms with Crippen LogP contribution in [0.3, 0.4) is 0 Å². The number of thioether (sulfide) groups is 1. The minimum atomic E-state index is -0.297. The zero-order valence-electron chi connectivity index (χ0n) is 17.3. The van der Waals surface area contributed by atoms with E-state index in [-0.39, 0.29) is 24.1 Å².